The molecule has 1 aliphatic heterocycles. The van der Waals surface area contributed by atoms with Gasteiger partial charge in [0.15, 0.2) is 0 Å². The normalized spacial score (nSPS) is 16.5. The third-order valence-electron chi connectivity index (χ3n) is 6.32. The largest absolute Gasteiger partial charge is 0.491 e. The van der Waals surface area contributed by atoms with Crippen LogP contribution in [0.25, 0.3) is 11.6 Å². The van der Waals surface area contributed by atoms with Crippen molar-refractivity contribution in [2.45, 2.75) is 50.2 Å². The van der Waals surface area contributed by atoms with E-state index in [2.05, 4.69) is 30.8 Å². The number of piperidine rings is 1. The second-order valence-electron chi connectivity index (χ2n) is 9.33. The third kappa shape index (κ3) is 5.08. The third-order valence-corrected chi connectivity index (χ3v) is 7.86. The molecule has 3 aromatic rings. The summed E-state index contributed by atoms with van der Waals surface area (Å²) in [7, 11) is -1.69. The van der Waals surface area contributed by atoms with Crippen molar-refractivity contribution in [1.82, 2.24) is 24.5 Å². The van der Waals surface area contributed by atoms with Gasteiger partial charge in [0.2, 0.25) is 10.0 Å². The fourth-order valence-electron chi connectivity index (χ4n) is 4.61. The lowest BCUT2D eigenvalue weighted by Crippen LogP contribution is -2.45. The van der Waals surface area contributed by atoms with Crippen molar-refractivity contribution in [3.8, 4) is 5.75 Å². The van der Waals surface area contributed by atoms with Crippen LogP contribution in [-0.4, -0.2) is 53.4 Å². The van der Waals surface area contributed by atoms with E-state index in [1.54, 1.807) is 35.3 Å². The topological polar surface area (TPSA) is 102 Å². The molecule has 1 saturated heterocycles. The fourth-order valence-corrected chi connectivity index (χ4v) is 5.91. The summed E-state index contributed by atoms with van der Waals surface area (Å²) in [5.74, 6) is 1.57. The number of hydrogen-bond acceptors (Lipinski definition) is 7. The zero-order valence-corrected chi connectivity index (χ0v) is 21.0. The molecule has 5 rings (SSSR count). The number of rotatable bonds is 7. The monoisotopic (exact) mass is 494 g/mol. The van der Waals surface area contributed by atoms with Gasteiger partial charge in [-0.25, -0.2) is 23.1 Å². The second-order valence-corrected chi connectivity index (χ2v) is 11.0. The zero-order valence-electron chi connectivity index (χ0n) is 20.2. The number of nitrogens with one attached hydrogen (secondary N) is 1. The smallest absolute Gasteiger partial charge is 0.240 e. The van der Waals surface area contributed by atoms with E-state index in [9.17, 15) is 8.42 Å². The lowest BCUT2D eigenvalue weighted by atomic mass is 10.1. The Balaban J connectivity index is 1.24. The number of sulfonamides is 1. The highest BCUT2D eigenvalue weighted by Crippen LogP contribution is 2.35. The summed E-state index contributed by atoms with van der Waals surface area (Å²) in [6.45, 7) is 5.30. The SMILES string of the molecule is CC(C)Oc1ccc(S(=O)(=O)NC2CCN(c3ncnc4c3C=C(c3cnn(C)c3)C4)CC2)cc1. The molecule has 1 fully saturated rings. The minimum Gasteiger partial charge on any atom is -0.491 e. The first-order valence-corrected chi connectivity index (χ1v) is 13.3. The molecular formula is C25H30N6O3S. The Hall–Kier alpha value is -3.24. The van der Waals surface area contributed by atoms with Gasteiger partial charge >= 0.3 is 0 Å². The quantitative estimate of drug-likeness (QED) is 0.539. The maximum Gasteiger partial charge on any atom is 0.240 e. The van der Waals surface area contributed by atoms with Gasteiger partial charge in [-0.2, -0.15) is 5.10 Å². The molecule has 0 radical (unpaired) electrons. The van der Waals surface area contributed by atoms with Crippen molar-refractivity contribution in [2.24, 2.45) is 7.05 Å². The van der Waals surface area contributed by atoms with Crippen molar-refractivity contribution in [3.05, 3.63) is 59.8 Å². The van der Waals surface area contributed by atoms with Gasteiger partial charge in [-0.15, -0.1) is 0 Å². The van der Waals surface area contributed by atoms with Gasteiger partial charge < -0.3 is 9.64 Å². The summed E-state index contributed by atoms with van der Waals surface area (Å²) in [6, 6.07) is 6.44. The average molecular weight is 495 g/mol. The summed E-state index contributed by atoms with van der Waals surface area (Å²) >= 11 is 0. The Kier molecular flexibility index (Phi) is 6.33. The van der Waals surface area contributed by atoms with Crippen LogP contribution in [0.2, 0.25) is 0 Å². The van der Waals surface area contributed by atoms with Crippen LogP contribution in [0, 0.1) is 0 Å². The number of aromatic nitrogens is 4. The van der Waals surface area contributed by atoms with E-state index in [0.717, 1.165) is 29.1 Å². The van der Waals surface area contributed by atoms with E-state index in [4.69, 9.17) is 4.74 Å². The molecule has 1 aromatic carbocycles. The number of fused-ring (bicyclic) bond motifs is 1. The highest BCUT2D eigenvalue weighted by molar-refractivity contribution is 7.89. The number of ether oxygens (including phenoxy) is 1. The summed E-state index contributed by atoms with van der Waals surface area (Å²) in [5, 5.41) is 4.28. The number of aryl methyl sites for hydroxylation is 1. The van der Waals surface area contributed by atoms with E-state index >= 15 is 0 Å². The first-order valence-electron chi connectivity index (χ1n) is 11.9. The van der Waals surface area contributed by atoms with Crippen LogP contribution >= 0.6 is 0 Å². The van der Waals surface area contributed by atoms with E-state index in [1.165, 1.54) is 5.57 Å². The van der Waals surface area contributed by atoms with Crippen LogP contribution in [0.15, 0.2) is 47.9 Å². The maximum absolute atomic E-state index is 12.9. The first kappa shape index (κ1) is 23.5. The lowest BCUT2D eigenvalue weighted by molar-refractivity contribution is 0.242. The minimum absolute atomic E-state index is 0.0364. The van der Waals surface area contributed by atoms with E-state index in [1.807, 2.05) is 33.3 Å². The lowest BCUT2D eigenvalue weighted by Gasteiger charge is -2.33. The Morgan fingerprint density at radius 3 is 2.51 bits per heavy atom. The van der Waals surface area contributed by atoms with Gasteiger partial charge in [-0.3, -0.25) is 4.68 Å². The van der Waals surface area contributed by atoms with Crippen molar-refractivity contribution in [3.63, 3.8) is 0 Å². The molecular weight excluding hydrogens is 464 g/mol. The predicted octanol–water partition coefficient (Wildman–Crippen LogP) is 3.04. The predicted molar refractivity (Wildman–Crippen MR) is 135 cm³/mol. The number of nitrogens with zero attached hydrogens (tertiary/aromatic N) is 5. The Bertz CT molecular complexity index is 1340. The van der Waals surface area contributed by atoms with Crippen LogP contribution < -0.4 is 14.4 Å². The highest BCUT2D eigenvalue weighted by atomic mass is 32.2. The number of hydrogen-bond donors (Lipinski definition) is 1. The van der Waals surface area contributed by atoms with Crippen molar-refractivity contribution >= 4 is 27.5 Å². The molecule has 0 bridgehead atoms. The van der Waals surface area contributed by atoms with Crippen molar-refractivity contribution in [1.29, 1.82) is 0 Å². The molecule has 10 heteroatoms. The van der Waals surface area contributed by atoms with Crippen LogP contribution in [0.4, 0.5) is 5.82 Å². The van der Waals surface area contributed by atoms with Crippen LogP contribution in [0.5, 0.6) is 5.75 Å². The van der Waals surface area contributed by atoms with E-state index < -0.39 is 10.0 Å². The molecule has 0 saturated carbocycles. The van der Waals surface area contributed by atoms with E-state index in [0.29, 0.717) is 31.7 Å². The molecule has 2 aliphatic rings. The summed E-state index contributed by atoms with van der Waals surface area (Å²) < 4.78 is 36.1. The maximum atomic E-state index is 12.9. The number of benzene rings is 1. The highest BCUT2D eigenvalue weighted by Gasteiger charge is 2.28. The van der Waals surface area contributed by atoms with Gasteiger partial charge in [0, 0.05) is 49.9 Å². The van der Waals surface area contributed by atoms with Gasteiger partial charge in [0.1, 0.15) is 17.9 Å². The van der Waals surface area contributed by atoms with Crippen LogP contribution in [-0.2, 0) is 23.5 Å². The average Bonchev–Trinajstić information content (AvgIpc) is 3.45. The molecule has 1 N–H and O–H groups in total. The van der Waals surface area contributed by atoms with Crippen LogP contribution in [0.3, 0.4) is 0 Å². The minimum atomic E-state index is -3.60. The van der Waals surface area contributed by atoms with Gasteiger partial charge in [0.25, 0.3) is 0 Å². The molecule has 0 unspecified atom stereocenters. The Labute approximate surface area is 205 Å². The summed E-state index contributed by atoms with van der Waals surface area (Å²) in [4.78, 5) is 11.6. The van der Waals surface area contributed by atoms with Crippen LogP contribution in [0.1, 0.15) is 43.5 Å². The molecule has 9 nitrogen and oxygen atoms in total. The molecule has 1 aliphatic carbocycles. The molecule has 3 heterocycles. The molecule has 184 valence electrons. The van der Waals surface area contributed by atoms with Crippen molar-refractivity contribution < 1.29 is 13.2 Å². The van der Waals surface area contributed by atoms with Gasteiger partial charge in [-0.1, -0.05) is 0 Å². The standard InChI is InChI=1S/C25H30N6O3S/c1-17(2)34-21-4-6-22(7-5-21)35(32,33)29-20-8-10-31(11-9-20)25-23-12-18(13-24(23)26-16-27-25)19-14-28-30(3)15-19/h4-7,12,14-17,20,29H,8-11,13H2,1-3H3. The Morgan fingerprint density at radius 1 is 1.11 bits per heavy atom. The first-order chi connectivity index (χ1) is 16.8. The molecule has 2 aromatic heterocycles. The number of allylic oxidation sites excluding steroid dienone is 1. The fraction of sp³-hybridized carbons (Fsp3) is 0.400. The van der Waals surface area contributed by atoms with Crippen molar-refractivity contribution in [2.75, 3.05) is 18.0 Å². The molecule has 0 atom stereocenters. The summed E-state index contributed by atoms with van der Waals surface area (Å²) in [5.41, 5.74) is 4.34. The Morgan fingerprint density at radius 2 is 1.86 bits per heavy atom. The second kappa shape index (κ2) is 9.43. The van der Waals surface area contributed by atoms with Gasteiger partial charge in [-0.05, 0) is 62.6 Å². The van der Waals surface area contributed by atoms with E-state index in [-0.39, 0.29) is 17.0 Å². The summed E-state index contributed by atoms with van der Waals surface area (Å²) in [6.07, 6.45) is 9.85. The molecule has 0 amide bonds. The molecule has 0 spiro atoms. The number of anilines is 1. The zero-order chi connectivity index (χ0) is 24.6. The van der Waals surface area contributed by atoms with Gasteiger partial charge in [0.05, 0.1) is 22.9 Å². The molecule has 35 heavy (non-hydrogen) atoms.